The molecular weight excluding hydrogens is 282 g/mol. The van der Waals surface area contributed by atoms with Gasteiger partial charge in [0, 0.05) is 17.0 Å². The maximum atomic E-state index is 11.5. The number of fused-ring (bicyclic) bond motifs is 4. The number of anilines is 1. The van der Waals surface area contributed by atoms with Crippen LogP contribution in [0.2, 0.25) is 0 Å². The molecule has 0 spiro atoms. The molecule has 0 saturated carbocycles. The predicted octanol–water partition coefficient (Wildman–Crippen LogP) is 0.0682. The number of carbonyl (C=O) groups is 1. The normalized spacial score (nSPS) is 24.0. The number of hydrogen-bond donors (Lipinski definition) is 3. The lowest BCUT2D eigenvalue weighted by molar-refractivity contribution is 0.0697. The van der Waals surface area contributed by atoms with Crippen LogP contribution in [0.4, 0.5) is 5.00 Å². The number of thiophene rings is 1. The third-order valence-corrected chi connectivity index (χ3v) is 5.26. The minimum atomic E-state index is -1.02. The van der Waals surface area contributed by atoms with Gasteiger partial charge in [-0.05, 0) is 24.8 Å². The van der Waals surface area contributed by atoms with Crippen LogP contribution in [0.3, 0.4) is 0 Å². The van der Waals surface area contributed by atoms with Crippen molar-refractivity contribution >= 4 is 22.3 Å². The van der Waals surface area contributed by atoms with Crippen LogP contribution in [0.1, 0.15) is 39.7 Å². The molecule has 0 radical (unpaired) electrons. The van der Waals surface area contributed by atoms with Crippen molar-refractivity contribution < 1.29 is 9.90 Å². The Morgan fingerprint density at radius 1 is 1.35 bits per heavy atom. The van der Waals surface area contributed by atoms with E-state index in [0.717, 1.165) is 28.0 Å². The van der Waals surface area contributed by atoms with Gasteiger partial charge in [0.1, 0.15) is 5.00 Å². The quantitative estimate of drug-likeness (QED) is 0.692. The highest BCUT2D eigenvalue weighted by molar-refractivity contribution is 7.16. The number of aromatic carboxylic acids is 1. The van der Waals surface area contributed by atoms with Crippen molar-refractivity contribution in [3.8, 4) is 0 Å². The Morgan fingerprint density at radius 3 is 2.75 bits per heavy atom. The molecule has 3 N–H and O–H groups in total. The van der Waals surface area contributed by atoms with E-state index in [2.05, 4.69) is 10.7 Å². The largest absolute Gasteiger partial charge is 0.478 e. The second kappa shape index (κ2) is 3.80. The number of hydrogen-bond acceptors (Lipinski definition) is 6. The molecule has 8 heteroatoms. The summed E-state index contributed by atoms with van der Waals surface area (Å²) < 4.78 is 0.843. The lowest BCUT2D eigenvalue weighted by Gasteiger charge is -2.21. The van der Waals surface area contributed by atoms with Gasteiger partial charge in [-0.2, -0.15) is 4.68 Å². The number of aromatic nitrogens is 1. The molecule has 20 heavy (non-hydrogen) atoms. The summed E-state index contributed by atoms with van der Waals surface area (Å²) in [7, 11) is 0. The molecule has 2 aromatic heterocycles. The molecule has 2 aromatic rings. The fourth-order valence-electron chi connectivity index (χ4n) is 3.04. The molecule has 2 aliphatic heterocycles. The molecule has 0 amide bonds. The molecule has 2 atom stereocenters. The molecule has 4 heterocycles. The maximum Gasteiger partial charge on any atom is 0.340 e. The monoisotopic (exact) mass is 293 g/mol. The van der Waals surface area contributed by atoms with Gasteiger partial charge < -0.3 is 10.4 Å². The Bertz CT molecular complexity index is 773. The van der Waals surface area contributed by atoms with Gasteiger partial charge in [0.05, 0.1) is 5.56 Å². The van der Waals surface area contributed by atoms with Crippen LogP contribution < -0.4 is 21.9 Å². The number of nitrogens with one attached hydrogen (secondary N) is 2. The van der Waals surface area contributed by atoms with Crippen LogP contribution in [-0.2, 0) is 6.42 Å². The summed E-state index contributed by atoms with van der Waals surface area (Å²) >= 11 is 1.32. The molecule has 2 unspecified atom stereocenters. The Hall–Kier alpha value is -1.93. The van der Waals surface area contributed by atoms with Crippen molar-refractivity contribution in [3.63, 3.8) is 0 Å². The molecule has 2 bridgehead atoms. The number of rotatable bonds is 3. The van der Waals surface area contributed by atoms with Crippen LogP contribution in [0, 0.1) is 0 Å². The van der Waals surface area contributed by atoms with Crippen LogP contribution in [0.5, 0.6) is 0 Å². The molecule has 0 aliphatic carbocycles. The third kappa shape index (κ3) is 1.52. The first-order valence-corrected chi connectivity index (χ1v) is 7.18. The maximum absolute atomic E-state index is 11.5. The molecular formula is C12H11N3O4S. The van der Waals surface area contributed by atoms with Crippen molar-refractivity contribution in [1.82, 2.24) is 9.99 Å². The van der Waals surface area contributed by atoms with E-state index in [1.807, 2.05) is 0 Å². The van der Waals surface area contributed by atoms with Crippen LogP contribution >= 0.6 is 11.3 Å². The van der Waals surface area contributed by atoms with E-state index in [1.165, 1.54) is 11.3 Å². The molecule has 1 fully saturated rings. The van der Waals surface area contributed by atoms with E-state index in [0.29, 0.717) is 17.5 Å². The Morgan fingerprint density at radius 2 is 2.10 bits per heavy atom. The summed E-state index contributed by atoms with van der Waals surface area (Å²) in [5, 5.41) is 13.3. The van der Waals surface area contributed by atoms with Crippen molar-refractivity contribution in [1.29, 1.82) is 0 Å². The van der Waals surface area contributed by atoms with Crippen LogP contribution in [-0.4, -0.2) is 21.8 Å². The van der Waals surface area contributed by atoms with Crippen molar-refractivity contribution in [2.75, 3.05) is 5.43 Å². The molecule has 0 aromatic carbocycles. The molecule has 2 aliphatic rings. The topological polar surface area (TPSA) is 100 Å². The number of carboxylic acids is 1. The Balaban J connectivity index is 1.82. The summed E-state index contributed by atoms with van der Waals surface area (Å²) in [6, 6.07) is 0.528. The standard InChI is InChI=1S/C12H11N3O4S/c16-10-11(17)15(10)14-9-7(12(18)19)5-3-4-1-2-6(13-4)8(5)20-9/h4,6,13-14H,1-3H2,(H,18,19). The van der Waals surface area contributed by atoms with Gasteiger partial charge in [-0.3, -0.25) is 15.0 Å². The summed E-state index contributed by atoms with van der Waals surface area (Å²) in [6.07, 6.45) is 2.74. The van der Waals surface area contributed by atoms with E-state index >= 15 is 0 Å². The van der Waals surface area contributed by atoms with Gasteiger partial charge >= 0.3 is 17.1 Å². The summed E-state index contributed by atoms with van der Waals surface area (Å²) in [5.74, 6) is -1.02. The van der Waals surface area contributed by atoms with E-state index in [-0.39, 0.29) is 11.6 Å². The van der Waals surface area contributed by atoms with Crippen molar-refractivity contribution in [2.45, 2.75) is 31.3 Å². The third-order valence-electron chi connectivity index (χ3n) is 4.01. The fourth-order valence-corrected chi connectivity index (χ4v) is 4.35. The summed E-state index contributed by atoms with van der Waals surface area (Å²) in [5.41, 5.74) is 2.41. The summed E-state index contributed by atoms with van der Waals surface area (Å²) in [6.45, 7) is 0. The highest BCUT2D eigenvalue weighted by atomic mass is 32.1. The van der Waals surface area contributed by atoms with E-state index < -0.39 is 17.1 Å². The van der Waals surface area contributed by atoms with Crippen LogP contribution in [0.15, 0.2) is 9.59 Å². The van der Waals surface area contributed by atoms with Gasteiger partial charge in [-0.15, -0.1) is 11.3 Å². The first-order chi connectivity index (χ1) is 9.56. The highest BCUT2D eigenvalue weighted by Crippen LogP contribution is 2.45. The molecule has 4 rings (SSSR count). The average molecular weight is 293 g/mol. The Kier molecular flexibility index (Phi) is 2.25. The highest BCUT2D eigenvalue weighted by Gasteiger charge is 2.38. The number of nitrogens with zero attached hydrogens (tertiary/aromatic N) is 1. The number of carboxylic acid groups (broad SMARTS) is 1. The lowest BCUT2D eigenvalue weighted by atomic mass is 9.99. The average Bonchev–Trinajstić information content (AvgIpc) is 2.83. The van der Waals surface area contributed by atoms with Crippen LogP contribution in [0.25, 0.3) is 0 Å². The fraction of sp³-hybridized carbons (Fsp3) is 0.417. The van der Waals surface area contributed by atoms with Gasteiger partial charge in [0.2, 0.25) is 0 Å². The van der Waals surface area contributed by atoms with Crippen molar-refractivity contribution in [2.24, 2.45) is 0 Å². The zero-order valence-electron chi connectivity index (χ0n) is 10.3. The molecule has 1 saturated heterocycles. The molecule has 104 valence electrons. The minimum Gasteiger partial charge on any atom is -0.478 e. The van der Waals surface area contributed by atoms with Gasteiger partial charge in [-0.25, -0.2) is 4.79 Å². The smallest absolute Gasteiger partial charge is 0.340 e. The predicted molar refractivity (Wildman–Crippen MR) is 72.2 cm³/mol. The summed E-state index contributed by atoms with van der Waals surface area (Å²) in [4.78, 5) is 34.6. The van der Waals surface area contributed by atoms with Gasteiger partial charge in [0.15, 0.2) is 0 Å². The van der Waals surface area contributed by atoms with Gasteiger partial charge in [0.25, 0.3) is 0 Å². The molecule has 7 nitrogen and oxygen atoms in total. The van der Waals surface area contributed by atoms with E-state index in [9.17, 15) is 19.5 Å². The lowest BCUT2D eigenvalue weighted by Crippen LogP contribution is -2.31. The van der Waals surface area contributed by atoms with Crippen molar-refractivity contribution in [3.05, 3.63) is 36.7 Å². The van der Waals surface area contributed by atoms with E-state index in [4.69, 9.17) is 0 Å². The second-order valence-corrected chi connectivity index (χ2v) is 6.26. The Labute approximate surface area is 116 Å². The van der Waals surface area contributed by atoms with Gasteiger partial charge in [-0.1, -0.05) is 0 Å². The first-order valence-electron chi connectivity index (χ1n) is 6.36. The van der Waals surface area contributed by atoms with E-state index in [1.54, 1.807) is 0 Å². The zero-order chi connectivity index (χ0) is 14.0. The SMILES string of the molecule is O=C(O)c1c(Nn2c(=O)c2=O)sc2c1CC1CCC2N1. The minimum absolute atomic E-state index is 0.197. The second-order valence-electron chi connectivity index (χ2n) is 5.21. The zero-order valence-corrected chi connectivity index (χ0v) is 11.1. The first kappa shape index (κ1) is 11.9.